The van der Waals surface area contributed by atoms with E-state index in [1.807, 2.05) is 26.2 Å². The summed E-state index contributed by atoms with van der Waals surface area (Å²) in [6.45, 7) is 2.14. The highest BCUT2D eigenvalue weighted by Crippen LogP contribution is 2.29. The first-order chi connectivity index (χ1) is 14.2. The molecule has 154 valence electrons. The molecule has 0 unspecified atom stereocenters. The van der Waals surface area contributed by atoms with E-state index in [0.29, 0.717) is 12.5 Å². The maximum Gasteiger partial charge on any atom is 0.330 e. The fraction of sp³-hybridized carbons (Fsp3) is 0.609. The van der Waals surface area contributed by atoms with Gasteiger partial charge in [0.1, 0.15) is 0 Å². The summed E-state index contributed by atoms with van der Waals surface area (Å²) in [5, 5.41) is 0. The lowest BCUT2D eigenvalue weighted by atomic mass is 9.89. The molecule has 0 spiro atoms. The SMILES string of the molecule is O=C(C1CC=CC1)N1CC[C@@H](n2c(=O)n(CC3CCCCC3)c3cccnc32)C1. The van der Waals surface area contributed by atoms with E-state index in [1.165, 1.54) is 32.1 Å². The van der Waals surface area contributed by atoms with Gasteiger partial charge < -0.3 is 4.90 Å². The number of nitrogens with zero attached hydrogens (tertiary/aromatic N) is 4. The van der Waals surface area contributed by atoms with Gasteiger partial charge in [-0.15, -0.1) is 0 Å². The lowest BCUT2D eigenvalue weighted by molar-refractivity contribution is -0.134. The standard InChI is InChI=1S/C23H30N4O2/c28-22(18-9-4-5-10-18)25-14-12-19(16-25)27-21-20(11-6-13-24-21)26(23(27)29)15-17-7-2-1-3-8-17/h4-6,11,13,17-19H,1-3,7-10,12,14-16H2/t19-/m1/s1. The lowest BCUT2D eigenvalue weighted by Crippen LogP contribution is -2.35. The normalized spacial score (nSPS) is 23.4. The number of carbonyl (C=O) groups excluding carboxylic acids is 1. The molecular weight excluding hydrogens is 364 g/mol. The van der Waals surface area contributed by atoms with Crippen LogP contribution in [0.3, 0.4) is 0 Å². The number of hydrogen-bond donors (Lipinski definition) is 0. The first kappa shape index (κ1) is 18.6. The maximum atomic E-state index is 13.5. The Morgan fingerprint density at radius 3 is 2.69 bits per heavy atom. The van der Waals surface area contributed by atoms with Crippen molar-refractivity contribution in [3.8, 4) is 0 Å². The highest BCUT2D eigenvalue weighted by atomic mass is 16.2. The number of aromatic nitrogens is 3. The average Bonchev–Trinajstić information content (AvgIpc) is 3.49. The zero-order valence-corrected chi connectivity index (χ0v) is 17.0. The fourth-order valence-corrected chi connectivity index (χ4v) is 5.47. The summed E-state index contributed by atoms with van der Waals surface area (Å²) >= 11 is 0. The molecule has 29 heavy (non-hydrogen) atoms. The summed E-state index contributed by atoms with van der Waals surface area (Å²) in [6, 6.07) is 3.96. The minimum atomic E-state index is 0.0193. The van der Waals surface area contributed by atoms with Crippen LogP contribution in [0.2, 0.25) is 0 Å². The van der Waals surface area contributed by atoms with Crippen molar-refractivity contribution in [3.05, 3.63) is 41.0 Å². The molecule has 3 aliphatic rings. The molecule has 2 aromatic heterocycles. The van der Waals surface area contributed by atoms with Gasteiger partial charge in [0.25, 0.3) is 0 Å². The number of pyridine rings is 1. The van der Waals surface area contributed by atoms with Crippen LogP contribution in [0.5, 0.6) is 0 Å². The van der Waals surface area contributed by atoms with Gasteiger partial charge in [0.2, 0.25) is 5.91 Å². The van der Waals surface area contributed by atoms with Crippen molar-refractivity contribution in [3.63, 3.8) is 0 Å². The van der Waals surface area contributed by atoms with E-state index in [-0.39, 0.29) is 23.6 Å². The third-order valence-electron chi connectivity index (χ3n) is 7.08. The van der Waals surface area contributed by atoms with Crippen molar-refractivity contribution in [2.45, 2.75) is 64.0 Å². The zero-order chi connectivity index (χ0) is 19.8. The Morgan fingerprint density at radius 2 is 1.90 bits per heavy atom. The summed E-state index contributed by atoms with van der Waals surface area (Å²) < 4.78 is 3.82. The van der Waals surface area contributed by atoms with Gasteiger partial charge >= 0.3 is 5.69 Å². The van der Waals surface area contributed by atoms with Gasteiger partial charge in [0.15, 0.2) is 5.65 Å². The van der Waals surface area contributed by atoms with Crippen LogP contribution >= 0.6 is 0 Å². The summed E-state index contributed by atoms with van der Waals surface area (Å²) in [4.78, 5) is 32.8. The second kappa shape index (κ2) is 7.81. The van der Waals surface area contributed by atoms with Crippen molar-refractivity contribution >= 4 is 17.1 Å². The third kappa shape index (κ3) is 3.43. The predicted molar refractivity (Wildman–Crippen MR) is 113 cm³/mol. The van der Waals surface area contributed by atoms with Crippen molar-refractivity contribution in [2.75, 3.05) is 13.1 Å². The largest absolute Gasteiger partial charge is 0.340 e. The number of hydrogen-bond acceptors (Lipinski definition) is 3. The van der Waals surface area contributed by atoms with E-state index < -0.39 is 0 Å². The molecule has 2 fully saturated rings. The molecule has 6 nitrogen and oxygen atoms in total. The first-order valence-corrected chi connectivity index (χ1v) is 11.2. The van der Waals surface area contributed by atoms with Gasteiger partial charge in [0.05, 0.1) is 11.6 Å². The Hall–Kier alpha value is -2.37. The average molecular weight is 395 g/mol. The Bertz CT molecular complexity index is 974. The number of likely N-dealkylation sites (tertiary alicyclic amines) is 1. The van der Waals surface area contributed by atoms with Gasteiger partial charge in [0, 0.05) is 31.7 Å². The topological polar surface area (TPSA) is 60.1 Å². The van der Waals surface area contributed by atoms with Crippen LogP contribution in [-0.2, 0) is 11.3 Å². The Kier molecular flexibility index (Phi) is 5.02. The second-order valence-corrected chi connectivity index (χ2v) is 8.98. The number of imidazole rings is 1. The number of carbonyl (C=O) groups is 1. The fourth-order valence-electron chi connectivity index (χ4n) is 5.47. The molecule has 0 aromatic carbocycles. The Morgan fingerprint density at radius 1 is 1.10 bits per heavy atom. The molecule has 0 radical (unpaired) electrons. The summed E-state index contributed by atoms with van der Waals surface area (Å²) in [5.41, 5.74) is 1.76. The Labute approximate surface area is 171 Å². The molecule has 1 saturated carbocycles. The lowest BCUT2D eigenvalue weighted by Gasteiger charge is -2.22. The van der Waals surface area contributed by atoms with Crippen LogP contribution in [0.25, 0.3) is 11.2 Å². The second-order valence-electron chi connectivity index (χ2n) is 8.98. The predicted octanol–water partition coefficient (Wildman–Crippen LogP) is 3.52. The molecule has 1 amide bonds. The van der Waals surface area contributed by atoms with Gasteiger partial charge in [-0.1, -0.05) is 31.4 Å². The molecule has 1 saturated heterocycles. The van der Waals surface area contributed by atoms with E-state index >= 15 is 0 Å². The highest BCUT2D eigenvalue weighted by Gasteiger charge is 2.34. The molecule has 0 bridgehead atoms. The van der Waals surface area contributed by atoms with Gasteiger partial charge in [-0.3, -0.25) is 13.9 Å². The van der Waals surface area contributed by atoms with E-state index in [0.717, 1.165) is 43.5 Å². The van der Waals surface area contributed by atoms with Crippen molar-refractivity contribution < 1.29 is 4.79 Å². The van der Waals surface area contributed by atoms with Crippen molar-refractivity contribution in [1.82, 2.24) is 19.0 Å². The van der Waals surface area contributed by atoms with Crippen LogP contribution in [0, 0.1) is 11.8 Å². The first-order valence-electron chi connectivity index (χ1n) is 11.2. The summed E-state index contributed by atoms with van der Waals surface area (Å²) in [6.07, 6.45) is 14.8. The zero-order valence-electron chi connectivity index (χ0n) is 17.0. The monoisotopic (exact) mass is 394 g/mol. The summed E-state index contributed by atoms with van der Waals surface area (Å²) in [7, 11) is 0. The number of rotatable bonds is 4. The van der Waals surface area contributed by atoms with Crippen LogP contribution in [0.4, 0.5) is 0 Å². The highest BCUT2D eigenvalue weighted by molar-refractivity contribution is 5.80. The molecule has 2 aromatic rings. The molecule has 1 atom stereocenters. The number of allylic oxidation sites excluding steroid dienone is 2. The van der Waals surface area contributed by atoms with Gasteiger partial charge in [-0.2, -0.15) is 0 Å². The smallest absolute Gasteiger partial charge is 0.330 e. The molecule has 3 heterocycles. The van der Waals surface area contributed by atoms with E-state index in [4.69, 9.17) is 0 Å². The number of amides is 1. The third-order valence-corrected chi connectivity index (χ3v) is 7.08. The molecule has 6 heteroatoms. The van der Waals surface area contributed by atoms with Crippen LogP contribution in [-0.4, -0.2) is 38.0 Å². The van der Waals surface area contributed by atoms with Gasteiger partial charge in [-0.25, -0.2) is 9.78 Å². The van der Waals surface area contributed by atoms with Crippen molar-refractivity contribution in [2.24, 2.45) is 11.8 Å². The number of fused-ring (bicyclic) bond motifs is 1. The maximum absolute atomic E-state index is 13.5. The van der Waals surface area contributed by atoms with Crippen LogP contribution < -0.4 is 5.69 Å². The van der Waals surface area contributed by atoms with Gasteiger partial charge in [-0.05, 0) is 50.2 Å². The summed E-state index contributed by atoms with van der Waals surface area (Å²) in [5.74, 6) is 0.915. The minimum Gasteiger partial charge on any atom is -0.340 e. The molecular formula is C23H30N4O2. The molecule has 5 rings (SSSR count). The molecule has 1 aliphatic heterocycles. The quantitative estimate of drug-likeness (QED) is 0.746. The van der Waals surface area contributed by atoms with Crippen molar-refractivity contribution in [1.29, 1.82) is 0 Å². The van der Waals surface area contributed by atoms with E-state index in [9.17, 15) is 9.59 Å². The van der Waals surface area contributed by atoms with E-state index in [2.05, 4.69) is 17.1 Å². The molecule has 2 aliphatic carbocycles. The minimum absolute atomic E-state index is 0.0193. The van der Waals surface area contributed by atoms with Crippen LogP contribution in [0.15, 0.2) is 35.3 Å². The molecule has 0 N–H and O–H groups in total. The Balaban J connectivity index is 1.42. The van der Waals surface area contributed by atoms with Crippen LogP contribution in [0.1, 0.15) is 57.4 Å². The van der Waals surface area contributed by atoms with E-state index in [1.54, 1.807) is 6.20 Å².